The lowest BCUT2D eigenvalue weighted by molar-refractivity contribution is -0.120. The van der Waals surface area contributed by atoms with Crippen molar-refractivity contribution < 1.29 is 9.18 Å². The first-order valence-corrected chi connectivity index (χ1v) is 6.61. The van der Waals surface area contributed by atoms with Gasteiger partial charge in [-0.15, -0.1) is 11.8 Å². The molecule has 5 heteroatoms. The van der Waals surface area contributed by atoms with Gasteiger partial charge in [0.15, 0.2) is 0 Å². The molecule has 0 spiro atoms. The molecule has 17 heavy (non-hydrogen) atoms. The number of amides is 1. The van der Waals surface area contributed by atoms with Crippen molar-refractivity contribution in [2.75, 3.05) is 11.5 Å². The van der Waals surface area contributed by atoms with Crippen LogP contribution in [0.1, 0.15) is 19.3 Å². The zero-order valence-corrected chi connectivity index (χ0v) is 10.2. The number of carbonyl (C=O) groups is 1. The molecule has 0 radical (unpaired) electrons. The first-order valence-electron chi connectivity index (χ1n) is 5.62. The molecular weight excluding hydrogens is 239 g/mol. The summed E-state index contributed by atoms with van der Waals surface area (Å²) in [6.45, 7) is 0. The van der Waals surface area contributed by atoms with Gasteiger partial charge in [-0.25, -0.2) is 4.39 Å². The second-order valence-electron chi connectivity index (χ2n) is 4.13. The highest BCUT2D eigenvalue weighted by Crippen LogP contribution is 2.24. The molecule has 1 amide bonds. The number of benzene rings is 1. The summed E-state index contributed by atoms with van der Waals surface area (Å²) in [7, 11) is 0. The van der Waals surface area contributed by atoms with Crippen LogP contribution in [0.15, 0.2) is 23.1 Å². The average molecular weight is 254 g/mol. The highest BCUT2D eigenvalue weighted by atomic mass is 32.2. The van der Waals surface area contributed by atoms with E-state index in [-0.39, 0.29) is 11.7 Å². The summed E-state index contributed by atoms with van der Waals surface area (Å²) in [6.07, 6.45) is 2.60. The minimum atomic E-state index is -0.322. The number of halogens is 1. The van der Waals surface area contributed by atoms with E-state index in [1.807, 2.05) is 0 Å². The summed E-state index contributed by atoms with van der Waals surface area (Å²) in [4.78, 5) is 11.9. The van der Waals surface area contributed by atoms with Crippen LogP contribution in [0.5, 0.6) is 0 Å². The molecule has 0 atom stereocenters. The summed E-state index contributed by atoms with van der Waals surface area (Å²) < 4.78 is 13.4. The van der Waals surface area contributed by atoms with E-state index in [0.717, 1.165) is 12.8 Å². The van der Waals surface area contributed by atoms with Gasteiger partial charge in [0, 0.05) is 28.8 Å². The van der Waals surface area contributed by atoms with Crippen molar-refractivity contribution in [3.63, 3.8) is 0 Å². The van der Waals surface area contributed by atoms with E-state index in [2.05, 4.69) is 5.32 Å². The first kappa shape index (κ1) is 12.2. The smallest absolute Gasteiger partial charge is 0.221 e. The third-order valence-electron chi connectivity index (χ3n) is 2.49. The third-order valence-corrected chi connectivity index (χ3v) is 3.54. The lowest BCUT2D eigenvalue weighted by Gasteiger charge is -2.05. The Kier molecular flexibility index (Phi) is 3.89. The lowest BCUT2D eigenvalue weighted by Crippen LogP contribution is -2.25. The molecule has 0 unspecified atom stereocenters. The Bertz CT molecular complexity index is 421. The highest BCUT2D eigenvalue weighted by molar-refractivity contribution is 7.99. The van der Waals surface area contributed by atoms with Crippen molar-refractivity contribution >= 4 is 23.4 Å². The molecular formula is C12H15FN2OS. The number of thioether (sulfide) groups is 1. The van der Waals surface area contributed by atoms with Gasteiger partial charge >= 0.3 is 0 Å². The minimum absolute atomic E-state index is 0.0517. The fraction of sp³-hybridized carbons (Fsp3) is 0.417. The highest BCUT2D eigenvalue weighted by Gasteiger charge is 2.22. The summed E-state index contributed by atoms with van der Waals surface area (Å²) >= 11 is 1.34. The molecule has 3 N–H and O–H groups in total. The monoisotopic (exact) mass is 254 g/mol. The third kappa shape index (κ3) is 3.93. The fourth-order valence-electron chi connectivity index (χ4n) is 1.42. The topological polar surface area (TPSA) is 55.1 Å². The number of nitrogens with one attached hydrogen (secondary N) is 1. The van der Waals surface area contributed by atoms with Gasteiger partial charge in [-0.2, -0.15) is 0 Å². The number of rotatable bonds is 5. The number of anilines is 1. The Balaban J connectivity index is 1.75. The standard InChI is InChI=1S/C12H15FN2OS/c13-10-7-8(14)1-4-11(10)17-6-5-12(16)15-9-2-3-9/h1,4,7,9H,2-3,5-6,14H2,(H,15,16). The molecule has 1 aromatic rings. The first-order chi connectivity index (χ1) is 8.15. The Morgan fingerprint density at radius 2 is 2.29 bits per heavy atom. The zero-order valence-electron chi connectivity index (χ0n) is 9.41. The molecule has 3 nitrogen and oxygen atoms in total. The summed E-state index contributed by atoms with van der Waals surface area (Å²) in [5.74, 6) is 0.313. The van der Waals surface area contributed by atoms with Crippen molar-refractivity contribution in [1.82, 2.24) is 5.32 Å². The van der Waals surface area contributed by atoms with Crippen LogP contribution in [0.2, 0.25) is 0 Å². The Morgan fingerprint density at radius 1 is 1.53 bits per heavy atom. The van der Waals surface area contributed by atoms with E-state index in [1.165, 1.54) is 17.8 Å². The van der Waals surface area contributed by atoms with Crippen LogP contribution in [0.4, 0.5) is 10.1 Å². The Morgan fingerprint density at radius 3 is 2.94 bits per heavy atom. The second kappa shape index (κ2) is 5.40. The number of nitrogens with two attached hydrogens (primary N) is 1. The number of carbonyl (C=O) groups excluding carboxylic acids is 1. The van der Waals surface area contributed by atoms with E-state index in [9.17, 15) is 9.18 Å². The molecule has 1 saturated carbocycles. The normalized spacial score (nSPS) is 14.6. The Labute approximate surface area is 104 Å². The maximum Gasteiger partial charge on any atom is 0.221 e. The van der Waals surface area contributed by atoms with Gasteiger partial charge in [0.05, 0.1) is 0 Å². The van der Waals surface area contributed by atoms with Crippen LogP contribution in [0.25, 0.3) is 0 Å². The van der Waals surface area contributed by atoms with Crippen molar-refractivity contribution in [2.45, 2.75) is 30.2 Å². The summed E-state index contributed by atoms with van der Waals surface area (Å²) in [6, 6.07) is 5.00. The molecule has 2 rings (SSSR count). The molecule has 0 heterocycles. The van der Waals surface area contributed by atoms with Crippen molar-refractivity contribution in [3.8, 4) is 0 Å². The maximum atomic E-state index is 13.4. The summed E-state index contributed by atoms with van der Waals surface area (Å²) in [5.41, 5.74) is 5.87. The molecule has 1 aliphatic carbocycles. The predicted octanol–water partition coefficient (Wildman–Crippen LogP) is 2.17. The van der Waals surface area contributed by atoms with Crippen LogP contribution < -0.4 is 11.1 Å². The molecule has 1 fully saturated rings. The van der Waals surface area contributed by atoms with Gasteiger partial charge in [0.2, 0.25) is 5.91 Å². The van der Waals surface area contributed by atoms with Crippen LogP contribution in [0, 0.1) is 5.82 Å². The number of nitrogen functional groups attached to an aromatic ring is 1. The van der Waals surface area contributed by atoms with Crippen LogP contribution in [-0.2, 0) is 4.79 Å². The van der Waals surface area contributed by atoms with Gasteiger partial charge in [0.1, 0.15) is 5.82 Å². The average Bonchev–Trinajstić information content (AvgIpc) is 3.05. The largest absolute Gasteiger partial charge is 0.399 e. The molecule has 0 aromatic heterocycles. The van der Waals surface area contributed by atoms with Crippen LogP contribution in [-0.4, -0.2) is 17.7 Å². The second-order valence-corrected chi connectivity index (χ2v) is 5.27. The molecule has 0 bridgehead atoms. The quantitative estimate of drug-likeness (QED) is 0.625. The van der Waals surface area contributed by atoms with Gasteiger partial charge in [-0.1, -0.05) is 0 Å². The van der Waals surface area contributed by atoms with E-state index in [0.29, 0.717) is 28.8 Å². The Hall–Kier alpha value is -1.23. The van der Waals surface area contributed by atoms with E-state index in [1.54, 1.807) is 12.1 Å². The van der Waals surface area contributed by atoms with Gasteiger partial charge in [-0.3, -0.25) is 4.79 Å². The van der Waals surface area contributed by atoms with Gasteiger partial charge in [-0.05, 0) is 31.0 Å². The van der Waals surface area contributed by atoms with Crippen LogP contribution in [0.3, 0.4) is 0 Å². The van der Waals surface area contributed by atoms with Crippen molar-refractivity contribution in [3.05, 3.63) is 24.0 Å². The van der Waals surface area contributed by atoms with E-state index < -0.39 is 0 Å². The molecule has 0 saturated heterocycles. The number of hydrogen-bond acceptors (Lipinski definition) is 3. The van der Waals surface area contributed by atoms with Gasteiger partial charge in [0.25, 0.3) is 0 Å². The number of hydrogen-bond donors (Lipinski definition) is 2. The van der Waals surface area contributed by atoms with Crippen molar-refractivity contribution in [1.29, 1.82) is 0 Å². The zero-order chi connectivity index (χ0) is 12.3. The van der Waals surface area contributed by atoms with Crippen molar-refractivity contribution in [2.24, 2.45) is 0 Å². The molecule has 1 aliphatic rings. The van der Waals surface area contributed by atoms with Crippen LogP contribution >= 0.6 is 11.8 Å². The fourth-order valence-corrected chi connectivity index (χ4v) is 2.28. The lowest BCUT2D eigenvalue weighted by atomic mass is 10.3. The molecule has 1 aromatic carbocycles. The maximum absolute atomic E-state index is 13.4. The minimum Gasteiger partial charge on any atom is -0.399 e. The SMILES string of the molecule is Nc1ccc(SCCC(=O)NC2CC2)c(F)c1. The van der Waals surface area contributed by atoms with E-state index >= 15 is 0 Å². The predicted molar refractivity (Wildman–Crippen MR) is 67.3 cm³/mol. The van der Waals surface area contributed by atoms with E-state index in [4.69, 9.17) is 5.73 Å². The van der Waals surface area contributed by atoms with Gasteiger partial charge < -0.3 is 11.1 Å². The summed E-state index contributed by atoms with van der Waals surface area (Å²) in [5, 5.41) is 2.90. The molecule has 0 aliphatic heterocycles. The molecule has 92 valence electrons.